The second kappa shape index (κ2) is 6.44. The van der Waals surface area contributed by atoms with Gasteiger partial charge in [-0.3, -0.25) is 4.79 Å². The Morgan fingerprint density at radius 3 is 3.12 bits per heavy atom. The lowest BCUT2D eigenvalue weighted by Gasteiger charge is -2.29. The number of aromatic nitrogens is 1. The summed E-state index contributed by atoms with van der Waals surface area (Å²) < 4.78 is 14.7. The number of fused-ring (bicyclic) bond motifs is 1. The minimum absolute atomic E-state index is 0.0740. The van der Waals surface area contributed by atoms with Crippen LogP contribution in [0.1, 0.15) is 16.9 Å². The van der Waals surface area contributed by atoms with Crippen molar-refractivity contribution in [1.82, 2.24) is 9.88 Å². The van der Waals surface area contributed by atoms with Crippen LogP contribution >= 0.6 is 27.3 Å². The normalized spacial score (nSPS) is 20.3. The van der Waals surface area contributed by atoms with Gasteiger partial charge in [-0.15, -0.1) is 11.3 Å². The van der Waals surface area contributed by atoms with Crippen molar-refractivity contribution in [2.45, 2.75) is 19.4 Å². The molecule has 1 fully saturated rings. The Morgan fingerprint density at radius 2 is 2.29 bits per heavy atom. The number of thiophene rings is 1. The van der Waals surface area contributed by atoms with Gasteiger partial charge < -0.3 is 9.80 Å². The third-order valence-corrected chi connectivity index (χ3v) is 6.20. The van der Waals surface area contributed by atoms with Crippen molar-refractivity contribution in [2.75, 3.05) is 24.5 Å². The molecule has 2 aromatic heterocycles. The molecule has 7 heteroatoms. The molecule has 0 bridgehead atoms. The highest BCUT2D eigenvalue weighted by Crippen LogP contribution is 2.29. The van der Waals surface area contributed by atoms with Crippen molar-refractivity contribution in [2.24, 2.45) is 5.92 Å². The van der Waals surface area contributed by atoms with Gasteiger partial charge in [0, 0.05) is 41.7 Å². The first-order valence-corrected chi connectivity index (χ1v) is 9.69. The SMILES string of the molecule is O=C(C1CCN(c2ncc(Br)cc2F)C1)N1CCc2sccc2C1. The van der Waals surface area contributed by atoms with Gasteiger partial charge in [0.2, 0.25) is 5.91 Å². The summed E-state index contributed by atoms with van der Waals surface area (Å²) in [6, 6.07) is 3.53. The summed E-state index contributed by atoms with van der Waals surface area (Å²) in [6.45, 7) is 2.70. The molecule has 1 saturated heterocycles. The summed E-state index contributed by atoms with van der Waals surface area (Å²) in [4.78, 5) is 22.2. The lowest BCUT2D eigenvalue weighted by Crippen LogP contribution is -2.40. The second-order valence-corrected chi connectivity index (χ2v) is 8.19. The number of hydrogen-bond donors (Lipinski definition) is 0. The van der Waals surface area contributed by atoms with Gasteiger partial charge in [-0.1, -0.05) is 0 Å². The van der Waals surface area contributed by atoms with Crippen LogP contribution in [0.15, 0.2) is 28.2 Å². The molecule has 0 spiro atoms. The highest BCUT2D eigenvalue weighted by Gasteiger charge is 2.34. The minimum atomic E-state index is -0.349. The molecule has 0 aliphatic carbocycles. The van der Waals surface area contributed by atoms with Crippen molar-refractivity contribution in [3.8, 4) is 0 Å². The Bertz CT molecular complexity index is 781. The zero-order valence-corrected chi connectivity index (χ0v) is 15.4. The maximum atomic E-state index is 14.1. The molecule has 126 valence electrons. The van der Waals surface area contributed by atoms with Crippen LogP contribution in [0.5, 0.6) is 0 Å². The van der Waals surface area contributed by atoms with Crippen LogP contribution in [0.25, 0.3) is 0 Å². The number of carbonyl (C=O) groups excluding carboxylic acids is 1. The van der Waals surface area contributed by atoms with Crippen molar-refractivity contribution in [3.63, 3.8) is 0 Å². The summed E-state index contributed by atoms with van der Waals surface area (Å²) in [7, 11) is 0. The van der Waals surface area contributed by atoms with E-state index in [-0.39, 0.29) is 17.6 Å². The molecule has 1 atom stereocenters. The fourth-order valence-electron chi connectivity index (χ4n) is 3.49. The monoisotopic (exact) mass is 409 g/mol. The number of halogens is 2. The largest absolute Gasteiger partial charge is 0.353 e. The Labute approximate surface area is 152 Å². The van der Waals surface area contributed by atoms with Crippen LogP contribution in [-0.4, -0.2) is 35.4 Å². The van der Waals surface area contributed by atoms with Crippen molar-refractivity contribution >= 4 is 39.0 Å². The molecule has 4 nitrogen and oxygen atoms in total. The highest BCUT2D eigenvalue weighted by atomic mass is 79.9. The molecule has 1 amide bonds. The summed E-state index contributed by atoms with van der Waals surface area (Å²) in [5, 5.41) is 2.10. The third kappa shape index (κ3) is 2.95. The smallest absolute Gasteiger partial charge is 0.227 e. The number of anilines is 1. The number of rotatable bonds is 2. The quantitative estimate of drug-likeness (QED) is 0.761. The first kappa shape index (κ1) is 16.0. The second-order valence-electron chi connectivity index (χ2n) is 6.27. The molecule has 0 saturated carbocycles. The number of amides is 1. The zero-order chi connectivity index (χ0) is 16.7. The van der Waals surface area contributed by atoms with E-state index in [0.717, 1.165) is 19.4 Å². The average Bonchev–Trinajstić information content (AvgIpc) is 3.22. The molecule has 0 N–H and O–H groups in total. The predicted molar refractivity (Wildman–Crippen MR) is 95.7 cm³/mol. The van der Waals surface area contributed by atoms with E-state index < -0.39 is 0 Å². The van der Waals surface area contributed by atoms with Crippen LogP contribution in [0.4, 0.5) is 10.2 Å². The van der Waals surface area contributed by atoms with Crippen molar-refractivity contribution in [1.29, 1.82) is 0 Å². The summed E-state index contributed by atoms with van der Waals surface area (Å²) in [5.41, 5.74) is 1.27. The molecule has 4 heterocycles. The Kier molecular flexibility index (Phi) is 4.30. The predicted octanol–water partition coefficient (Wildman–Crippen LogP) is 3.46. The van der Waals surface area contributed by atoms with E-state index >= 15 is 0 Å². The van der Waals surface area contributed by atoms with Gasteiger partial charge in [-0.2, -0.15) is 0 Å². The van der Waals surface area contributed by atoms with E-state index in [2.05, 4.69) is 32.4 Å². The highest BCUT2D eigenvalue weighted by molar-refractivity contribution is 9.10. The molecule has 2 aromatic rings. The summed E-state index contributed by atoms with van der Waals surface area (Å²) in [6.07, 6.45) is 3.29. The molecule has 1 unspecified atom stereocenters. The van der Waals surface area contributed by atoms with Crippen molar-refractivity contribution < 1.29 is 9.18 Å². The van der Waals surface area contributed by atoms with Gasteiger partial charge in [-0.05, 0) is 51.8 Å². The molecule has 2 aliphatic rings. The molecule has 4 rings (SSSR count). The van der Waals surface area contributed by atoms with E-state index in [0.29, 0.717) is 29.9 Å². The van der Waals surface area contributed by atoms with E-state index in [1.807, 2.05) is 9.80 Å². The fraction of sp³-hybridized carbons (Fsp3) is 0.412. The maximum absolute atomic E-state index is 14.1. The van der Waals surface area contributed by atoms with E-state index in [1.165, 1.54) is 16.5 Å². The van der Waals surface area contributed by atoms with Crippen LogP contribution in [0.3, 0.4) is 0 Å². The molecule has 2 aliphatic heterocycles. The number of carbonyl (C=O) groups is 1. The Balaban J connectivity index is 1.44. The van der Waals surface area contributed by atoms with Crippen LogP contribution in [0.2, 0.25) is 0 Å². The number of hydrogen-bond acceptors (Lipinski definition) is 4. The summed E-state index contributed by atoms with van der Waals surface area (Å²) >= 11 is 4.99. The van der Waals surface area contributed by atoms with Gasteiger partial charge in [0.05, 0.1) is 5.92 Å². The van der Waals surface area contributed by atoms with Gasteiger partial charge in [0.1, 0.15) is 0 Å². The molecular formula is C17H17BrFN3OS. The van der Waals surface area contributed by atoms with Gasteiger partial charge >= 0.3 is 0 Å². The fourth-order valence-corrected chi connectivity index (χ4v) is 4.68. The average molecular weight is 410 g/mol. The van der Waals surface area contributed by atoms with E-state index in [1.54, 1.807) is 17.5 Å². The first-order valence-electron chi connectivity index (χ1n) is 8.02. The third-order valence-electron chi connectivity index (χ3n) is 4.74. The van der Waals surface area contributed by atoms with Gasteiger partial charge in [0.15, 0.2) is 11.6 Å². The van der Waals surface area contributed by atoms with Crippen LogP contribution < -0.4 is 4.90 Å². The number of nitrogens with zero attached hydrogens (tertiary/aromatic N) is 3. The first-order chi connectivity index (χ1) is 11.6. The Morgan fingerprint density at radius 1 is 1.42 bits per heavy atom. The van der Waals surface area contributed by atoms with Gasteiger partial charge in [-0.25, -0.2) is 9.37 Å². The van der Waals surface area contributed by atoms with Crippen LogP contribution in [-0.2, 0) is 17.8 Å². The van der Waals surface area contributed by atoms with Crippen LogP contribution in [0, 0.1) is 11.7 Å². The zero-order valence-electron chi connectivity index (χ0n) is 13.0. The Hall–Kier alpha value is -1.47. The van der Waals surface area contributed by atoms with E-state index in [9.17, 15) is 9.18 Å². The lowest BCUT2D eigenvalue weighted by molar-refractivity contribution is -0.135. The molecule has 0 aromatic carbocycles. The minimum Gasteiger partial charge on any atom is -0.353 e. The lowest BCUT2D eigenvalue weighted by atomic mass is 10.0. The van der Waals surface area contributed by atoms with Crippen molar-refractivity contribution in [3.05, 3.63) is 44.4 Å². The number of pyridine rings is 1. The van der Waals surface area contributed by atoms with Gasteiger partial charge in [0.25, 0.3) is 0 Å². The van der Waals surface area contributed by atoms with E-state index in [4.69, 9.17) is 0 Å². The topological polar surface area (TPSA) is 36.4 Å². The summed E-state index contributed by atoms with van der Waals surface area (Å²) in [5.74, 6) is 0.104. The molecule has 0 radical (unpaired) electrons. The standard InChI is InChI=1S/C17H17BrFN3OS/c18-13-7-14(19)16(20-8-13)21-4-1-12(10-21)17(23)22-5-2-15-11(9-22)3-6-24-15/h3,6-8,12H,1-2,4-5,9-10H2. The molecular weight excluding hydrogens is 393 g/mol. The maximum Gasteiger partial charge on any atom is 0.227 e. The molecule has 24 heavy (non-hydrogen) atoms.